The van der Waals surface area contributed by atoms with Crippen molar-refractivity contribution in [3.63, 3.8) is 0 Å². The second-order valence-electron chi connectivity index (χ2n) is 4.08. The smallest absolute Gasteiger partial charge is 0.337 e. The fourth-order valence-corrected chi connectivity index (χ4v) is 2.03. The van der Waals surface area contributed by atoms with Crippen LogP contribution in [0.2, 0.25) is 0 Å². The molecular weight excluding hydrogens is 246 g/mol. The molecule has 96 valence electrons. The number of rotatable bonds is 2. The molecule has 0 aliphatic carbocycles. The molecule has 1 aliphatic heterocycles. The lowest BCUT2D eigenvalue weighted by Crippen LogP contribution is -2.15. The van der Waals surface area contributed by atoms with Gasteiger partial charge in [-0.05, 0) is 29.3 Å². The van der Waals surface area contributed by atoms with Crippen molar-refractivity contribution >= 4 is 5.97 Å². The van der Waals surface area contributed by atoms with Crippen LogP contribution in [0, 0.1) is 0 Å². The van der Waals surface area contributed by atoms with Gasteiger partial charge in [0.1, 0.15) is 13.2 Å². The van der Waals surface area contributed by atoms with E-state index >= 15 is 0 Å². The second kappa shape index (κ2) is 4.61. The summed E-state index contributed by atoms with van der Waals surface area (Å²) in [5.41, 5.74) is 1.54. The van der Waals surface area contributed by atoms with Gasteiger partial charge in [0, 0.05) is 12.4 Å². The molecule has 3 rings (SSSR count). The van der Waals surface area contributed by atoms with Crippen molar-refractivity contribution in [2.24, 2.45) is 0 Å². The number of carboxylic acids is 1. The minimum absolute atomic E-state index is 0.166. The Balaban J connectivity index is 2.10. The predicted molar refractivity (Wildman–Crippen MR) is 67.6 cm³/mol. The van der Waals surface area contributed by atoms with Crippen LogP contribution >= 0.6 is 0 Å². The second-order valence-corrected chi connectivity index (χ2v) is 4.08. The van der Waals surface area contributed by atoms with Crippen molar-refractivity contribution in [2.45, 2.75) is 0 Å². The minimum atomic E-state index is -1.00. The van der Waals surface area contributed by atoms with E-state index in [0.29, 0.717) is 30.3 Å². The topological polar surface area (TPSA) is 68.7 Å². The normalized spacial score (nSPS) is 13.1. The summed E-state index contributed by atoms with van der Waals surface area (Å²) in [6.45, 7) is 1.03. The van der Waals surface area contributed by atoms with Crippen molar-refractivity contribution in [1.82, 2.24) is 4.98 Å². The highest BCUT2D eigenvalue weighted by Crippen LogP contribution is 2.35. The molecule has 1 aromatic carbocycles. The first-order valence-corrected chi connectivity index (χ1v) is 5.83. The lowest BCUT2D eigenvalue weighted by Gasteiger charge is -2.19. The van der Waals surface area contributed by atoms with Crippen LogP contribution in [0.3, 0.4) is 0 Å². The summed E-state index contributed by atoms with van der Waals surface area (Å²) in [4.78, 5) is 15.0. The molecule has 19 heavy (non-hydrogen) atoms. The van der Waals surface area contributed by atoms with Crippen LogP contribution in [0.5, 0.6) is 11.5 Å². The quantitative estimate of drug-likeness (QED) is 0.893. The van der Waals surface area contributed by atoms with E-state index in [-0.39, 0.29) is 5.56 Å². The molecule has 1 aromatic heterocycles. The highest BCUT2D eigenvalue weighted by atomic mass is 16.6. The highest BCUT2D eigenvalue weighted by Gasteiger charge is 2.16. The molecule has 0 saturated heterocycles. The van der Waals surface area contributed by atoms with Crippen LogP contribution in [0.15, 0.2) is 36.7 Å². The molecule has 2 heterocycles. The van der Waals surface area contributed by atoms with E-state index in [9.17, 15) is 4.79 Å². The molecule has 1 N–H and O–H groups in total. The molecule has 0 atom stereocenters. The van der Waals surface area contributed by atoms with Crippen molar-refractivity contribution in [2.75, 3.05) is 13.2 Å². The molecule has 0 radical (unpaired) electrons. The molecule has 2 aromatic rings. The van der Waals surface area contributed by atoms with Gasteiger partial charge in [0.15, 0.2) is 11.5 Å². The van der Waals surface area contributed by atoms with Crippen molar-refractivity contribution < 1.29 is 19.4 Å². The monoisotopic (exact) mass is 257 g/mol. The molecule has 1 aliphatic rings. The average Bonchev–Trinajstić information content (AvgIpc) is 2.46. The number of benzene rings is 1. The molecule has 0 bridgehead atoms. The van der Waals surface area contributed by atoms with Crippen molar-refractivity contribution in [3.8, 4) is 22.6 Å². The van der Waals surface area contributed by atoms with Gasteiger partial charge in [0.05, 0.1) is 5.56 Å². The van der Waals surface area contributed by atoms with Crippen LogP contribution in [-0.2, 0) is 0 Å². The Morgan fingerprint density at radius 1 is 1.16 bits per heavy atom. The molecular formula is C14H11NO4. The summed E-state index contributed by atoms with van der Waals surface area (Å²) in [6, 6.07) is 7.07. The summed E-state index contributed by atoms with van der Waals surface area (Å²) in [7, 11) is 0. The summed E-state index contributed by atoms with van der Waals surface area (Å²) in [6.07, 6.45) is 2.91. The third-order valence-electron chi connectivity index (χ3n) is 2.90. The van der Waals surface area contributed by atoms with Gasteiger partial charge >= 0.3 is 5.97 Å². The molecule has 5 heteroatoms. The number of fused-ring (bicyclic) bond motifs is 1. The number of carboxylic acid groups (broad SMARTS) is 1. The number of nitrogens with zero attached hydrogens (tertiary/aromatic N) is 1. The van der Waals surface area contributed by atoms with E-state index in [4.69, 9.17) is 14.6 Å². The van der Waals surface area contributed by atoms with Gasteiger partial charge in [0.25, 0.3) is 0 Å². The molecule has 0 spiro atoms. The summed E-state index contributed by atoms with van der Waals surface area (Å²) in [5, 5.41) is 9.17. The van der Waals surface area contributed by atoms with E-state index in [2.05, 4.69) is 4.98 Å². The van der Waals surface area contributed by atoms with Gasteiger partial charge in [-0.1, -0.05) is 6.07 Å². The van der Waals surface area contributed by atoms with E-state index < -0.39 is 5.97 Å². The third-order valence-corrected chi connectivity index (χ3v) is 2.90. The number of aromatic carboxylic acids is 1. The van der Waals surface area contributed by atoms with Gasteiger partial charge < -0.3 is 14.6 Å². The number of carbonyl (C=O) groups is 1. The van der Waals surface area contributed by atoms with E-state index in [0.717, 1.165) is 5.56 Å². The number of pyridine rings is 1. The SMILES string of the molecule is O=C(O)c1cnccc1-c1ccc2c(c1)OCCO2. The maximum Gasteiger partial charge on any atom is 0.337 e. The number of hydrogen-bond donors (Lipinski definition) is 1. The molecule has 0 saturated carbocycles. The van der Waals surface area contributed by atoms with Crippen molar-refractivity contribution in [3.05, 3.63) is 42.2 Å². The molecule has 0 unspecified atom stereocenters. The minimum Gasteiger partial charge on any atom is -0.486 e. The Morgan fingerprint density at radius 3 is 2.74 bits per heavy atom. The summed E-state index contributed by atoms with van der Waals surface area (Å²) in [5.74, 6) is 0.316. The van der Waals surface area contributed by atoms with E-state index in [1.54, 1.807) is 24.4 Å². The zero-order valence-corrected chi connectivity index (χ0v) is 10.00. The largest absolute Gasteiger partial charge is 0.486 e. The van der Waals surface area contributed by atoms with Gasteiger partial charge in [-0.3, -0.25) is 4.98 Å². The van der Waals surface area contributed by atoms with Crippen LogP contribution in [0.1, 0.15) is 10.4 Å². The highest BCUT2D eigenvalue weighted by molar-refractivity contribution is 5.95. The Labute approximate surface area is 109 Å². The lowest BCUT2D eigenvalue weighted by atomic mass is 10.0. The van der Waals surface area contributed by atoms with E-state index in [1.165, 1.54) is 6.20 Å². The Kier molecular flexibility index (Phi) is 2.79. The van der Waals surface area contributed by atoms with E-state index in [1.807, 2.05) is 6.07 Å². The van der Waals surface area contributed by atoms with Crippen LogP contribution in [0.4, 0.5) is 0 Å². The Hall–Kier alpha value is -2.56. The van der Waals surface area contributed by atoms with Crippen molar-refractivity contribution in [1.29, 1.82) is 0 Å². The predicted octanol–water partition coefficient (Wildman–Crippen LogP) is 2.22. The summed E-state index contributed by atoms with van der Waals surface area (Å²) >= 11 is 0. The fourth-order valence-electron chi connectivity index (χ4n) is 2.03. The fraction of sp³-hybridized carbons (Fsp3) is 0.143. The van der Waals surface area contributed by atoms with Crippen LogP contribution < -0.4 is 9.47 Å². The first-order chi connectivity index (χ1) is 9.25. The molecule has 5 nitrogen and oxygen atoms in total. The number of hydrogen-bond acceptors (Lipinski definition) is 4. The Bertz CT molecular complexity index is 639. The Morgan fingerprint density at radius 2 is 1.95 bits per heavy atom. The lowest BCUT2D eigenvalue weighted by molar-refractivity contribution is 0.0697. The summed E-state index contributed by atoms with van der Waals surface area (Å²) < 4.78 is 10.9. The first-order valence-electron chi connectivity index (χ1n) is 5.83. The van der Waals surface area contributed by atoms with Gasteiger partial charge in [-0.25, -0.2) is 4.79 Å². The van der Waals surface area contributed by atoms with Crippen LogP contribution in [-0.4, -0.2) is 29.3 Å². The first kappa shape index (κ1) is 11.5. The molecule has 0 fully saturated rings. The number of aromatic nitrogens is 1. The standard InChI is InChI=1S/C14H11NO4/c16-14(17)11-8-15-4-3-10(11)9-1-2-12-13(7-9)19-6-5-18-12/h1-4,7-8H,5-6H2,(H,16,17). The maximum absolute atomic E-state index is 11.2. The molecule has 0 amide bonds. The average molecular weight is 257 g/mol. The van der Waals surface area contributed by atoms with Gasteiger partial charge in [-0.2, -0.15) is 0 Å². The third kappa shape index (κ3) is 2.10. The zero-order chi connectivity index (χ0) is 13.2. The zero-order valence-electron chi connectivity index (χ0n) is 10.00. The maximum atomic E-state index is 11.2. The number of ether oxygens (including phenoxy) is 2. The van der Waals surface area contributed by atoms with Crippen LogP contribution in [0.25, 0.3) is 11.1 Å². The van der Waals surface area contributed by atoms with Gasteiger partial charge in [-0.15, -0.1) is 0 Å². The van der Waals surface area contributed by atoms with Gasteiger partial charge in [0.2, 0.25) is 0 Å².